The fraction of sp³-hybridized carbons (Fsp3) is 0.297. The Balaban J connectivity index is 1.85. The van der Waals surface area contributed by atoms with E-state index in [2.05, 4.69) is 5.32 Å². The van der Waals surface area contributed by atoms with Crippen molar-refractivity contribution in [3.8, 4) is 0 Å². The maximum absolute atomic E-state index is 14.7. The molecule has 4 aromatic rings. The highest BCUT2D eigenvalue weighted by Gasteiger charge is 2.35. The third kappa shape index (κ3) is 9.15. The Bertz CT molecular complexity index is 1780. The van der Waals surface area contributed by atoms with E-state index in [1.54, 1.807) is 54.6 Å². The Labute approximate surface area is 288 Å². The predicted molar refractivity (Wildman–Crippen MR) is 190 cm³/mol. The van der Waals surface area contributed by atoms with Crippen LogP contribution in [0.25, 0.3) is 0 Å². The van der Waals surface area contributed by atoms with Crippen molar-refractivity contribution in [3.05, 3.63) is 129 Å². The largest absolute Gasteiger partial charge is 0.352 e. The van der Waals surface area contributed by atoms with Crippen molar-refractivity contribution in [2.24, 2.45) is 0 Å². The quantitative estimate of drug-likeness (QED) is 0.147. The van der Waals surface area contributed by atoms with E-state index in [1.165, 1.54) is 4.90 Å². The number of hydrogen-bond acceptors (Lipinski definition) is 4. The van der Waals surface area contributed by atoms with Crippen molar-refractivity contribution in [1.82, 2.24) is 10.2 Å². The number of nitrogens with one attached hydrogen (secondary N) is 1. The number of benzene rings is 4. The summed E-state index contributed by atoms with van der Waals surface area (Å²) in [4.78, 5) is 30.2. The van der Waals surface area contributed by atoms with E-state index in [1.807, 2.05) is 70.2 Å². The number of anilines is 1. The molecule has 1 N–H and O–H groups in total. The molecule has 4 aromatic carbocycles. The number of rotatable bonds is 14. The standard InChI is InChI=1S/C37H41Cl2N3O4S/c1-5-27(4)40-37(44)35(23-28-12-8-7-9-13-28)41(24-29-18-21-32(38)33(39)22-29)36(43)25-42(34-15-11-10-14-30(34)6-2)47(45,46)31-19-16-26(3)17-20-31/h7-22,27,35H,5-6,23-25H2,1-4H3,(H,40,44)/t27-,35-/m1/s1. The molecule has 0 saturated heterocycles. The summed E-state index contributed by atoms with van der Waals surface area (Å²) >= 11 is 12.6. The van der Waals surface area contributed by atoms with Gasteiger partial charge in [0.25, 0.3) is 10.0 Å². The van der Waals surface area contributed by atoms with E-state index in [0.717, 1.165) is 21.0 Å². The minimum atomic E-state index is -4.20. The molecule has 4 rings (SSSR count). The lowest BCUT2D eigenvalue weighted by molar-refractivity contribution is -0.140. The maximum atomic E-state index is 14.7. The monoisotopic (exact) mass is 693 g/mol. The van der Waals surface area contributed by atoms with Gasteiger partial charge in [-0.05, 0) is 73.7 Å². The van der Waals surface area contributed by atoms with Crippen LogP contribution in [-0.2, 0) is 39.0 Å². The van der Waals surface area contributed by atoms with Gasteiger partial charge in [-0.15, -0.1) is 0 Å². The van der Waals surface area contributed by atoms with Gasteiger partial charge in [0, 0.05) is 19.0 Å². The van der Waals surface area contributed by atoms with E-state index in [0.29, 0.717) is 34.1 Å². The number of sulfonamides is 1. The van der Waals surface area contributed by atoms with Gasteiger partial charge < -0.3 is 10.2 Å². The highest BCUT2D eigenvalue weighted by atomic mass is 35.5. The average molecular weight is 695 g/mol. The Kier molecular flexibility index (Phi) is 12.5. The lowest BCUT2D eigenvalue weighted by atomic mass is 10.0. The number of para-hydroxylation sites is 1. The average Bonchev–Trinajstić information content (AvgIpc) is 3.07. The maximum Gasteiger partial charge on any atom is 0.264 e. The lowest BCUT2D eigenvalue weighted by Crippen LogP contribution is -2.54. The number of hydrogen-bond donors (Lipinski definition) is 1. The molecular weight excluding hydrogens is 653 g/mol. The van der Waals surface area contributed by atoms with Crippen LogP contribution < -0.4 is 9.62 Å². The number of amides is 2. The molecule has 0 heterocycles. The van der Waals surface area contributed by atoms with Crippen LogP contribution in [0.2, 0.25) is 10.0 Å². The van der Waals surface area contributed by atoms with E-state index in [-0.39, 0.29) is 29.8 Å². The molecule has 47 heavy (non-hydrogen) atoms. The van der Waals surface area contributed by atoms with Crippen LogP contribution in [-0.4, -0.2) is 43.8 Å². The first kappa shape index (κ1) is 36.0. The zero-order valence-corrected chi connectivity index (χ0v) is 29.4. The Morgan fingerprint density at radius 2 is 1.49 bits per heavy atom. The molecule has 248 valence electrons. The highest BCUT2D eigenvalue weighted by molar-refractivity contribution is 7.92. The number of halogens is 2. The third-order valence-electron chi connectivity index (χ3n) is 8.14. The van der Waals surface area contributed by atoms with Gasteiger partial charge in [0.1, 0.15) is 12.6 Å². The van der Waals surface area contributed by atoms with E-state index >= 15 is 0 Å². The molecule has 10 heteroatoms. The van der Waals surface area contributed by atoms with Gasteiger partial charge in [-0.3, -0.25) is 13.9 Å². The van der Waals surface area contributed by atoms with Gasteiger partial charge in [-0.25, -0.2) is 8.42 Å². The van der Waals surface area contributed by atoms with Crippen molar-refractivity contribution in [3.63, 3.8) is 0 Å². The van der Waals surface area contributed by atoms with Crippen molar-refractivity contribution < 1.29 is 18.0 Å². The Morgan fingerprint density at radius 1 is 0.830 bits per heavy atom. The zero-order valence-electron chi connectivity index (χ0n) is 27.1. The topological polar surface area (TPSA) is 86.8 Å². The van der Waals surface area contributed by atoms with Crippen molar-refractivity contribution >= 4 is 50.7 Å². The molecule has 0 radical (unpaired) electrons. The third-order valence-corrected chi connectivity index (χ3v) is 10.7. The second kappa shape index (κ2) is 16.3. The van der Waals surface area contributed by atoms with Crippen molar-refractivity contribution in [2.75, 3.05) is 10.8 Å². The van der Waals surface area contributed by atoms with Gasteiger partial charge in [0.05, 0.1) is 20.6 Å². The Morgan fingerprint density at radius 3 is 2.13 bits per heavy atom. The number of carbonyl (C=O) groups excluding carboxylic acids is 2. The fourth-order valence-corrected chi connectivity index (χ4v) is 7.01. The first-order chi connectivity index (χ1) is 22.4. The van der Waals surface area contributed by atoms with Gasteiger partial charge in [0.15, 0.2) is 0 Å². The zero-order chi connectivity index (χ0) is 34.1. The van der Waals surface area contributed by atoms with Gasteiger partial charge in [-0.1, -0.05) is 109 Å². The molecule has 0 spiro atoms. The second-order valence-electron chi connectivity index (χ2n) is 11.6. The molecule has 0 aliphatic carbocycles. The van der Waals surface area contributed by atoms with Crippen LogP contribution in [0.15, 0.2) is 102 Å². The molecule has 0 saturated carbocycles. The molecular formula is C37H41Cl2N3O4S. The summed E-state index contributed by atoms with van der Waals surface area (Å²) < 4.78 is 29.8. The van der Waals surface area contributed by atoms with Gasteiger partial charge in [-0.2, -0.15) is 0 Å². The lowest BCUT2D eigenvalue weighted by Gasteiger charge is -2.34. The molecule has 0 aliphatic rings. The van der Waals surface area contributed by atoms with Gasteiger partial charge in [0.2, 0.25) is 11.8 Å². The van der Waals surface area contributed by atoms with Crippen LogP contribution in [0.5, 0.6) is 0 Å². The van der Waals surface area contributed by atoms with Crippen LogP contribution in [0, 0.1) is 6.92 Å². The van der Waals surface area contributed by atoms with E-state index < -0.39 is 28.5 Å². The molecule has 7 nitrogen and oxygen atoms in total. The number of nitrogens with zero attached hydrogens (tertiary/aromatic N) is 2. The molecule has 0 bridgehead atoms. The molecule has 2 atom stereocenters. The van der Waals surface area contributed by atoms with Crippen LogP contribution in [0.3, 0.4) is 0 Å². The second-order valence-corrected chi connectivity index (χ2v) is 14.3. The van der Waals surface area contributed by atoms with Crippen molar-refractivity contribution in [1.29, 1.82) is 0 Å². The van der Waals surface area contributed by atoms with E-state index in [9.17, 15) is 18.0 Å². The number of aryl methyl sites for hydroxylation is 2. The van der Waals surface area contributed by atoms with Crippen LogP contribution in [0.4, 0.5) is 5.69 Å². The molecule has 2 amide bonds. The molecule has 0 unspecified atom stereocenters. The van der Waals surface area contributed by atoms with Crippen LogP contribution >= 0.6 is 23.2 Å². The summed E-state index contributed by atoms with van der Waals surface area (Å²) in [7, 11) is -4.20. The van der Waals surface area contributed by atoms with Crippen molar-refractivity contribution in [2.45, 2.75) is 70.5 Å². The van der Waals surface area contributed by atoms with E-state index in [4.69, 9.17) is 23.2 Å². The molecule has 0 fully saturated rings. The summed E-state index contributed by atoms with van der Waals surface area (Å²) in [6, 6.07) is 27.1. The minimum Gasteiger partial charge on any atom is -0.352 e. The summed E-state index contributed by atoms with van der Waals surface area (Å²) in [5.41, 5.74) is 3.57. The fourth-order valence-electron chi connectivity index (χ4n) is 5.23. The summed E-state index contributed by atoms with van der Waals surface area (Å²) in [5.74, 6) is -0.878. The smallest absolute Gasteiger partial charge is 0.264 e. The summed E-state index contributed by atoms with van der Waals surface area (Å²) in [6.45, 7) is 7.14. The summed E-state index contributed by atoms with van der Waals surface area (Å²) in [5, 5.41) is 3.71. The number of carbonyl (C=O) groups is 2. The SMILES string of the molecule is CCc1ccccc1N(CC(=O)N(Cc1ccc(Cl)c(Cl)c1)[C@H](Cc1ccccc1)C(=O)N[C@H](C)CC)S(=O)(=O)c1ccc(C)cc1. The first-order valence-electron chi connectivity index (χ1n) is 15.7. The first-order valence-corrected chi connectivity index (χ1v) is 17.9. The summed E-state index contributed by atoms with van der Waals surface area (Å²) in [6.07, 6.45) is 1.46. The highest BCUT2D eigenvalue weighted by Crippen LogP contribution is 2.29. The predicted octanol–water partition coefficient (Wildman–Crippen LogP) is 7.61. The molecule has 0 aliphatic heterocycles. The molecule has 0 aromatic heterocycles. The van der Waals surface area contributed by atoms with Gasteiger partial charge >= 0.3 is 0 Å². The normalized spacial score (nSPS) is 12.6. The minimum absolute atomic E-state index is 0.00497. The Hall–Kier alpha value is -3.85. The van der Waals surface area contributed by atoms with Crippen LogP contribution in [0.1, 0.15) is 49.4 Å².